The van der Waals surface area contributed by atoms with E-state index in [4.69, 9.17) is 0 Å². The number of phenolic OH excluding ortho intramolecular Hbond substituents is 2. The molecule has 0 saturated heterocycles. The molecule has 0 radical (unpaired) electrons. The lowest BCUT2D eigenvalue weighted by Gasteiger charge is -2.20. The van der Waals surface area contributed by atoms with Crippen molar-refractivity contribution in [1.82, 2.24) is 4.90 Å². The van der Waals surface area contributed by atoms with Crippen LogP contribution in [0.5, 0.6) is 11.5 Å². The molecule has 2 rings (SSSR count). The van der Waals surface area contributed by atoms with Crippen molar-refractivity contribution in [2.45, 2.75) is 18.9 Å². The fraction of sp³-hybridized carbons (Fsp3) is 0.333. The maximum absolute atomic E-state index is 10.2. The number of hydrogen-bond donors (Lipinski definition) is 3. The lowest BCUT2D eigenvalue weighted by molar-refractivity contribution is 0.126. The molecule has 0 aliphatic heterocycles. The van der Waals surface area contributed by atoms with Crippen LogP contribution >= 0.6 is 0 Å². The van der Waals surface area contributed by atoms with Gasteiger partial charge in [-0.25, -0.2) is 0 Å². The number of benzene rings is 2. The van der Waals surface area contributed by atoms with Crippen LogP contribution in [0, 0.1) is 0 Å². The molecule has 0 spiro atoms. The standard InChI is InChI=1S/C18H23NO3/c1-19(11-3-5-14-4-2-6-17(21)12-14)13-18(22)15-7-9-16(20)10-8-15/h2,4,6-10,12,18,20-22H,3,5,11,13H2,1H3/t18-/m0/s1. The highest BCUT2D eigenvalue weighted by Gasteiger charge is 2.10. The van der Waals surface area contributed by atoms with Gasteiger partial charge in [-0.1, -0.05) is 24.3 Å². The van der Waals surface area contributed by atoms with Gasteiger partial charge in [0.25, 0.3) is 0 Å². The largest absolute Gasteiger partial charge is 0.508 e. The molecule has 2 aromatic rings. The molecule has 4 nitrogen and oxygen atoms in total. The van der Waals surface area contributed by atoms with Gasteiger partial charge in [-0.05, 0) is 61.8 Å². The zero-order valence-electron chi connectivity index (χ0n) is 12.8. The normalized spacial score (nSPS) is 12.5. The van der Waals surface area contributed by atoms with Crippen molar-refractivity contribution in [3.63, 3.8) is 0 Å². The number of rotatable bonds is 7. The topological polar surface area (TPSA) is 63.9 Å². The molecule has 0 aromatic heterocycles. The summed E-state index contributed by atoms with van der Waals surface area (Å²) in [6.07, 6.45) is 1.29. The van der Waals surface area contributed by atoms with Gasteiger partial charge < -0.3 is 20.2 Å². The minimum Gasteiger partial charge on any atom is -0.508 e. The Hall–Kier alpha value is -2.04. The maximum atomic E-state index is 10.2. The van der Waals surface area contributed by atoms with E-state index in [1.165, 1.54) is 0 Å². The molecule has 1 atom stereocenters. The summed E-state index contributed by atoms with van der Waals surface area (Å²) >= 11 is 0. The van der Waals surface area contributed by atoms with Crippen LogP contribution in [-0.2, 0) is 6.42 Å². The van der Waals surface area contributed by atoms with Crippen LogP contribution in [0.25, 0.3) is 0 Å². The molecule has 0 amide bonds. The highest BCUT2D eigenvalue weighted by Crippen LogP contribution is 2.18. The Morgan fingerprint density at radius 2 is 1.73 bits per heavy atom. The summed E-state index contributed by atoms with van der Waals surface area (Å²) in [7, 11) is 1.98. The average molecular weight is 301 g/mol. The van der Waals surface area contributed by atoms with Gasteiger partial charge in [-0.2, -0.15) is 0 Å². The number of nitrogens with zero attached hydrogens (tertiary/aromatic N) is 1. The molecule has 0 aliphatic rings. The average Bonchev–Trinajstić information content (AvgIpc) is 2.48. The van der Waals surface area contributed by atoms with Crippen LogP contribution in [-0.4, -0.2) is 40.4 Å². The number of phenols is 2. The Kier molecular flexibility index (Phi) is 5.81. The van der Waals surface area contributed by atoms with Gasteiger partial charge in [0.15, 0.2) is 0 Å². The second kappa shape index (κ2) is 7.82. The van der Waals surface area contributed by atoms with Crippen molar-refractivity contribution in [3.8, 4) is 11.5 Å². The number of aliphatic hydroxyl groups is 1. The van der Waals surface area contributed by atoms with Gasteiger partial charge in [0, 0.05) is 6.54 Å². The van der Waals surface area contributed by atoms with Crippen molar-refractivity contribution < 1.29 is 15.3 Å². The third kappa shape index (κ3) is 5.06. The summed E-state index contributed by atoms with van der Waals surface area (Å²) in [5, 5.41) is 28.9. The third-order valence-corrected chi connectivity index (χ3v) is 3.68. The first kappa shape index (κ1) is 16.3. The number of aryl methyl sites for hydroxylation is 1. The lowest BCUT2D eigenvalue weighted by atomic mass is 10.1. The van der Waals surface area contributed by atoms with E-state index in [1.807, 2.05) is 19.2 Å². The van der Waals surface area contributed by atoms with Gasteiger partial charge in [-0.15, -0.1) is 0 Å². The van der Waals surface area contributed by atoms with Gasteiger partial charge in [0.1, 0.15) is 11.5 Å². The van der Waals surface area contributed by atoms with Gasteiger partial charge in [0.2, 0.25) is 0 Å². The molecule has 0 heterocycles. The summed E-state index contributed by atoms with van der Waals surface area (Å²) < 4.78 is 0. The summed E-state index contributed by atoms with van der Waals surface area (Å²) in [5.41, 5.74) is 1.92. The highest BCUT2D eigenvalue weighted by atomic mass is 16.3. The van der Waals surface area contributed by atoms with Crippen molar-refractivity contribution in [1.29, 1.82) is 0 Å². The van der Waals surface area contributed by atoms with Gasteiger partial charge in [0.05, 0.1) is 6.10 Å². The molecule has 0 fully saturated rings. The van der Waals surface area contributed by atoms with E-state index < -0.39 is 6.10 Å². The Bertz CT molecular complexity index is 583. The number of aliphatic hydroxyl groups excluding tert-OH is 1. The molecule has 2 aromatic carbocycles. The Morgan fingerprint density at radius 3 is 2.41 bits per heavy atom. The van der Waals surface area contributed by atoms with Crippen LogP contribution < -0.4 is 0 Å². The van der Waals surface area contributed by atoms with E-state index >= 15 is 0 Å². The Labute approximate surface area is 131 Å². The molecule has 118 valence electrons. The molecule has 0 bridgehead atoms. The number of likely N-dealkylation sites (N-methyl/N-ethyl adjacent to an activating group) is 1. The van der Waals surface area contributed by atoms with Crippen molar-refractivity contribution in [3.05, 3.63) is 59.7 Å². The summed E-state index contributed by atoms with van der Waals surface area (Å²) in [4.78, 5) is 2.08. The molecular weight excluding hydrogens is 278 g/mol. The number of hydrogen-bond acceptors (Lipinski definition) is 4. The molecule has 0 unspecified atom stereocenters. The second-order valence-electron chi connectivity index (χ2n) is 5.64. The maximum Gasteiger partial charge on any atom is 0.115 e. The summed E-state index contributed by atoms with van der Waals surface area (Å²) in [6.45, 7) is 1.41. The van der Waals surface area contributed by atoms with E-state index in [9.17, 15) is 15.3 Å². The summed E-state index contributed by atoms with van der Waals surface area (Å²) in [5.74, 6) is 0.504. The molecule has 22 heavy (non-hydrogen) atoms. The lowest BCUT2D eigenvalue weighted by Crippen LogP contribution is -2.26. The van der Waals surface area contributed by atoms with E-state index in [1.54, 1.807) is 36.4 Å². The zero-order valence-corrected chi connectivity index (χ0v) is 12.8. The van der Waals surface area contributed by atoms with Crippen LogP contribution in [0.15, 0.2) is 48.5 Å². The van der Waals surface area contributed by atoms with E-state index in [2.05, 4.69) is 4.90 Å². The Balaban J connectivity index is 1.75. The molecule has 0 aliphatic carbocycles. The molecule has 3 N–H and O–H groups in total. The van der Waals surface area contributed by atoms with Crippen LogP contribution in [0.1, 0.15) is 23.7 Å². The van der Waals surface area contributed by atoms with Crippen LogP contribution in [0.3, 0.4) is 0 Å². The monoisotopic (exact) mass is 301 g/mol. The SMILES string of the molecule is CN(CCCc1cccc(O)c1)C[C@H](O)c1ccc(O)cc1. The first-order valence-electron chi connectivity index (χ1n) is 7.48. The first-order valence-corrected chi connectivity index (χ1v) is 7.48. The van der Waals surface area contributed by atoms with E-state index in [0.29, 0.717) is 12.3 Å². The van der Waals surface area contributed by atoms with E-state index in [0.717, 1.165) is 30.5 Å². The minimum absolute atomic E-state index is 0.204. The Morgan fingerprint density at radius 1 is 1.00 bits per heavy atom. The molecular formula is C18H23NO3. The van der Waals surface area contributed by atoms with Gasteiger partial charge >= 0.3 is 0 Å². The predicted octanol–water partition coefficient (Wildman–Crippen LogP) is 2.70. The van der Waals surface area contributed by atoms with Crippen molar-refractivity contribution >= 4 is 0 Å². The minimum atomic E-state index is -0.564. The smallest absolute Gasteiger partial charge is 0.115 e. The van der Waals surface area contributed by atoms with Gasteiger partial charge in [-0.3, -0.25) is 0 Å². The van der Waals surface area contributed by atoms with Crippen LogP contribution in [0.2, 0.25) is 0 Å². The van der Waals surface area contributed by atoms with Crippen molar-refractivity contribution in [2.75, 3.05) is 20.1 Å². The predicted molar refractivity (Wildman–Crippen MR) is 87.0 cm³/mol. The summed E-state index contributed by atoms with van der Waals surface area (Å²) in [6, 6.07) is 13.9. The molecule has 0 saturated carbocycles. The quantitative estimate of drug-likeness (QED) is 0.736. The fourth-order valence-electron chi connectivity index (χ4n) is 2.45. The fourth-order valence-corrected chi connectivity index (χ4v) is 2.45. The zero-order chi connectivity index (χ0) is 15.9. The number of aromatic hydroxyl groups is 2. The highest BCUT2D eigenvalue weighted by molar-refractivity contribution is 5.28. The van der Waals surface area contributed by atoms with Crippen molar-refractivity contribution in [2.24, 2.45) is 0 Å². The van der Waals surface area contributed by atoms with Crippen LogP contribution in [0.4, 0.5) is 0 Å². The van der Waals surface area contributed by atoms with E-state index in [-0.39, 0.29) is 5.75 Å². The second-order valence-corrected chi connectivity index (χ2v) is 5.64. The molecule has 4 heteroatoms. The first-order chi connectivity index (χ1) is 10.5. The third-order valence-electron chi connectivity index (χ3n) is 3.68.